The second-order valence-electron chi connectivity index (χ2n) is 4.37. The van der Waals surface area contributed by atoms with Gasteiger partial charge in [0.1, 0.15) is 0 Å². The molecule has 6 nitrogen and oxygen atoms in total. The fourth-order valence-electron chi connectivity index (χ4n) is 1.76. The molecule has 1 atom stereocenters. The molecule has 0 saturated carbocycles. The molecular formula is C12H17N5O. The molecule has 0 bridgehead atoms. The second-order valence-corrected chi connectivity index (χ2v) is 4.37. The number of amides is 1. The van der Waals surface area contributed by atoms with Gasteiger partial charge in [0.2, 0.25) is 0 Å². The van der Waals surface area contributed by atoms with Crippen LogP contribution < -0.4 is 5.32 Å². The summed E-state index contributed by atoms with van der Waals surface area (Å²) in [5.41, 5.74) is 1.48. The van der Waals surface area contributed by atoms with Gasteiger partial charge in [0.25, 0.3) is 5.91 Å². The third-order valence-corrected chi connectivity index (χ3v) is 2.88. The Morgan fingerprint density at radius 2 is 2.28 bits per heavy atom. The molecule has 0 aliphatic carbocycles. The van der Waals surface area contributed by atoms with Crippen molar-refractivity contribution in [3.05, 3.63) is 35.9 Å². The highest BCUT2D eigenvalue weighted by atomic mass is 16.1. The quantitative estimate of drug-likeness (QED) is 0.866. The smallest absolute Gasteiger partial charge is 0.255 e. The summed E-state index contributed by atoms with van der Waals surface area (Å²) in [5.74, 6) is -0.0970. The van der Waals surface area contributed by atoms with E-state index in [2.05, 4.69) is 15.5 Å². The van der Waals surface area contributed by atoms with E-state index in [1.807, 2.05) is 33.2 Å². The number of hydrogen-bond donors (Lipinski definition) is 1. The molecule has 2 aromatic heterocycles. The first kappa shape index (κ1) is 12.3. The molecule has 0 unspecified atom stereocenters. The van der Waals surface area contributed by atoms with Crippen LogP contribution in [0.4, 0.5) is 0 Å². The Labute approximate surface area is 106 Å². The van der Waals surface area contributed by atoms with Gasteiger partial charge in [-0.15, -0.1) is 0 Å². The maximum atomic E-state index is 12.0. The number of aryl methyl sites for hydroxylation is 1. The molecule has 18 heavy (non-hydrogen) atoms. The highest BCUT2D eigenvalue weighted by Gasteiger charge is 2.15. The first-order valence-electron chi connectivity index (χ1n) is 5.85. The summed E-state index contributed by atoms with van der Waals surface area (Å²) in [7, 11) is 1.82. The molecule has 6 heteroatoms. The van der Waals surface area contributed by atoms with Gasteiger partial charge in [0, 0.05) is 31.2 Å². The first-order valence-corrected chi connectivity index (χ1v) is 5.85. The number of carbonyl (C=O) groups is 1. The molecule has 0 aromatic carbocycles. The van der Waals surface area contributed by atoms with E-state index in [-0.39, 0.29) is 11.9 Å². The van der Waals surface area contributed by atoms with E-state index < -0.39 is 0 Å². The van der Waals surface area contributed by atoms with Gasteiger partial charge in [0.15, 0.2) is 0 Å². The largest absolute Gasteiger partial charge is 0.348 e. The molecule has 2 aromatic rings. The van der Waals surface area contributed by atoms with E-state index in [4.69, 9.17) is 0 Å². The molecule has 1 N–H and O–H groups in total. The molecule has 0 radical (unpaired) electrons. The van der Waals surface area contributed by atoms with Gasteiger partial charge >= 0.3 is 0 Å². The maximum absolute atomic E-state index is 12.0. The maximum Gasteiger partial charge on any atom is 0.255 e. The molecular weight excluding hydrogens is 230 g/mol. The van der Waals surface area contributed by atoms with Gasteiger partial charge in [-0.1, -0.05) is 0 Å². The third-order valence-electron chi connectivity index (χ3n) is 2.88. The lowest BCUT2D eigenvalue weighted by atomic mass is 10.2. The van der Waals surface area contributed by atoms with Crippen LogP contribution in [0.5, 0.6) is 0 Å². The molecule has 0 saturated heterocycles. The van der Waals surface area contributed by atoms with E-state index in [0.29, 0.717) is 12.1 Å². The van der Waals surface area contributed by atoms with Crippen molar-refractivity contribution in [2.45, 2.75) is 26.4 Å². The topological polar surface area (TPSA) is 64.7 Å². The highest BCUT2D eigenvalue weighted by Crippen LogP contribution is 2.05. The number of rotatable bonds is 4. The van der Waals surface area contributed by atoms with Crippen molar-refractivity contribution >= 4 is 5.91 Å². The molecule has 1 amide bonds. The second kappa shape index (κ2) is 5.03. The fourth-order valence-corrected chi connectivity index (χ4v) is 1.76. The molecule has 0 aliphatic rings. The fraction of sp³-hybridized carbons (Fsp3) is 0.417. The van der Waals surface area contributed by atoms with Gasteiger partial charge in [-0.2, -0.15) is 10.2 Å². The Morgan fingerprint density at radius 1 is 1.50 bits per heavy atom. The van der Waals surface area contributed by atoms with Crippen LogP contribution in [0.1, 0.15) is 23.0 Å². The molecule has 2 rings (SSSR count). The highest BCUT2D eigenvalue weighted by molar-refractivity contribution is 5.95. The van der Waals surface area contributed by atoms with Gasteiger partial charge < -0.3 is 5.32 Å². The minimum absolute atomic E-state index is 0.0111. The zero-order valence-corrected chi connectivity index (χ0v) is 10.8. The number of nitrogens with one attached hydrogen (secondary N) is 1. The van der Waals surface area contributed by atoms with Gasteiger partial charge in [-0.05, 0) is 19.9 Å². The summed E-state index contributed by atoms with van der Waals surface area (Å²) in [5, 5.41) is 11.1. The Hall–Kier alpha value is -2.11. The van der Waals surface area contributed by atoms with Gasteiger partial charge in [0.05, 0.1) is 18.3 Å². The van der Waals surface area contributed by atoms with Gasteiger partial charge in [-0.25, -0.2) is 0 Å². The van der Waals surface area contributed by atoms with Crippen LogP contribution in [0.15, 0.2) is 24.7 Å². The van der Waals surface area contributed by atoms with Crippen molar-refractivity contribution in [3.8, 4) is 0 Å². The lowest BCUT2D eigenvalue weighted by Crippen LogP contribution is -2.36. The van der Waals surface area contributed by atoms with E-state index in [1.54, 1.807) is 21.8 Å². The summed E-state index contributed by atoms with van der Waals surface area (Å²) in [6, 6.07) is 1.87. The van der Waals surface area contributed by atoms with Crippen LogP contribution in [0.25, 0.3) is 0 Å². The van der Waals surface area contributed by atoms with Crippen LogP contribution >= 0.6 is 0 Å². The zero-order valence-electron chi connectivity index (χ0n) is 10.8. The number of aromatic nitrogens is 4. The standard InChI is InChI=1S/C12H17N5O/c1-9(8-17-6-4-5-13-17)15-12(18)11-7-14-16(3)10(11)2/h4-7,9H,8H2,1-3H3,(H,15,18)/t9-/m1/s1. The molecule has 96 valence electrons. The number of hydrogen-bond acceptors (Lipinski definition) is 3. The van der Waals surface area contributed by atoms with Crippen LogP contribution in [-0.2, 0) is 13.6 Å². The van der Waals surface area contributed by atoms with E-state index in [0.717, 1.165) is 5.69 Å². The Bertz CT molecular complexity index is 529. The van der Waals surface area contributed by atoms with Crippen molar-refractivity contribution < 1.29 is 4.79 Å². The lowest BCUT2D eigenvalue weighted by Gasteiger charge is -2.13. The normalized spacial score (nSPS) is 12.4. The third kappa shape index (κ3) is 2.58. The molecule has 2 heterocycles. The van der Waals surface area contributed by atoms with Crippen LogP contribution in [0.3, 0.4) is 0 Å². The average molecular weight is 247 g/mol. The number of nitrogens with zero attached hydrogens (tertiary/aromatic N) is 4. The van der Waals surface area contributed by atoms with E-state index in [1.165, 1.54) is 0 Å². The van der Waals surface area contributed by atoms with Crippen LogP contribution in [-0.4, -0.2) is 31.5 Å². The Balaban J connectivity index is 1.97. The van der Waals surface area contributed by atoms with Crippen molar-refractivity contribution in [2.75, 3.05) is 0 Å². The first-order chi connectivity index (χ1) is 8.58. The predicted molar refractivity (Wildman–Crippen MR) is 67.1 cm³/mol. The van der Waals surface area contributed by atoms with Crippen molar-refractivity contribution in [1.82, 2.24) is 24.9 Å². The van der Waals surface area contributed by atoms with E-state index >= 15 is 0 Å². The monoisotopic (exact) mass is 247 g/mol. The minimum atomic E-state index is -0.0970. The minimum Gasteiger partial charge on any atom is -0.348 e. The molecule has 0 fully saturated rings. The SMILES string of the molecule is Cc1c(C(=O)N[C@H](C)Cn2cccn2)cnn1C. The number of carbonyl (C=O) groups excluding carboxylic acids is 1. The molecule has 0 aliphatic heterocycles. The van der Waals surface area contributed by atoms with Crippen molar-refractivity contribution in [1.29, 1.82) is 0 Å². The molecule has 0 spiro atoms. The van der Waals surface area contributed by atoms with Crippen LogP contribution in [0, 0.1) is 6.92 Å². The predicted octanol–water partition coefficient (Wildman–Crippen LogP) is 0.744. The Kier molecular flexibility index (Phi) is 3.45. The summed E-state index contributed by atoms with van der Waals surface area (Å²) >= 11 is 0. The van der Waals surface area contributed by atoms with Crippen molar-refractivity contribution in [3.63, 3.8) is 0 Å². The van der Waals surface area contributed by atoms with Gasteiger partial charge in [-0.3, -0.25) is 14.2 Å². The lowest BCUT2D eigenvalue weighted by molar-refractivity contribution is 0.0935. The average Bonchev–Trinajstić information content (AvgIpc) is 2.91. The summed E-state index contributed by atoms with van der Waals surface area (Å²) in [6.07, 6.45) is 5.18. The van der Waals surface area contributed by atoms with Crippen molar-refractivity contribution in [2.24, 2.45) is 7.05 Å². The van der Waals surface area contributed by atoms with Crippen LogP contribution in [0.2, 0.25) is 0 Å². The van der Waals surface area contributed by atoms with E-state index in [9.17, 15) is 4.79 Å². The summed E-state index contributed by atoms with van der Waals surface area (Å²) in [4.78, 5) is 12.0. The summed E-state index contributed by atoms with van der Waals surface area (Å²) < 4.78 is 3.48. The Morgan fingerprint density at radius 3 is 2.83 bits per heavy atom. The summed E-state index contributed by atoms with van der Waals surface area (Å²) in [6.45, 7) is 4.48. The zero-order chi connectivity index (χ0) is 13.1.